The second-order valence-corrected chi connectivity index (χ2v) is 5.78. The normalized spacial score (nSPS) is 16.7. The van der Waals surface area contributed by atoms with Crippen LogP contribution in [0.3, 0.4) is 0 Å². The van der Waals surface area contributed by atoms with Gasteiger partial charge in [0.05, 0.1) is 13.1 Å². The lowest BCUT2D eigenvalue weighted by atomic mass is 10.2. The summed E-state index contributed by atoms with van der Waals surface area (Å²) in [6.45, 7) is 1.97. The van der Waals surface area contributed by atoms with E-state index in [9.17, 15) is 9.59 Å². The molecule has 1 fully saturated rings. The molecule has 112 valence electrons. The molecule has 1 saturated carbocycles. The maximum atomic E-state index is 12.2. The number of benzene rings is 1. The molecule has 1 aromatic rings. The van der Waals surface area contributed by atoms with E-state index in [1.54, 1.807) is 4.90 Å². The van der Waals surface area contributed by atoms with Gasteiger partial charge in [0.2, 0.25) is 11.8 Å². The number of fused-ring (bicyclic) bond motifs is 1. The predicted octanol–water partition coefficient (Wildman–Crippen LogP) is 0.692. The summed E-state index contributed by atoms with van der Waals surface area (Å²) in [5, 5.41) is 5.81. The van der Waals surface area contributed by atoms with Gasteiger partial charge in [-0.25, -0.2) is 0 Å². The molecule has 0 spiro atoms. The second-order valence-electron chi connectivity index (χ2n) is 5.78. The van der Waals surface area contributed by atoms with Crippen molar-refractivity contribution in [3.8, 4) is 0 Å². The maximum Gasteiger partial charge on any atom is 0.246 e. The molecule has 2 N–H and O–H groups in total. The fourth-order valence-electron chi connectivity index (χ4n) is 2.64. The monoisotopic (exact) mass is 287 g/mol. The zero-order valence-electron chi connectivity index (χ0n) is 12.1. The zero-order chi connectivity index (χ0) is 14.7. The third-order valence-corrected chi connectivity index (χ3v) is 4.04. The Morgan fingerprint density at radius 2 is 2.00 bits per heavy atom. The topological polar surface area (TPSA) is 61.4 Å². The molecular weight excluding hydrogens is 266 g/mol. The number of para-hydroxylation sites is 1. The van der Waals surface area contributed by atoms with Crippen LogP contribution in [0, 0.1) is 5.92 Å². The first-order valence-electron chi connectivity index (χ1n) is 7.60. The number of carbonyl (C=O) groups is 2. The van der Waals surface area contributed by atoms with Gasteiger partial charge in [0.15, 0.2) is 0 Å². The Morgan fingerprint density at radius 3 is 2.81 bits per heavy atom. The van der Waals surface area contributed by atoms with Crippen molar-refractivity contribution in [3.05, 3.63) is 29.8 Å². The second kappa shape index (κ2) is 6.26. The van der Waals surface area contributed by atoms with E-state index in [0.717, 1.165) is 24.6 Å². The fraction of sp³-hybridized carbons (Fsp3) is 0.500. The minimum absolute atomic E-state index is 0.0458. The molecule has 0 saturated heterocycles. The summed E-state index contributed by atoms with van der Waals surface area (Å²) in [7, 11) is 0. The summed E-state index contributed by atoms with van der Waals surface area (Å²) in [4.78, 5) is 25.6. The van der Waals surface area contributed by atoms with Crippen LogP contribution >= 0.6 is 0 Å². The van der Waals surface area contributed by atoms with E-state index >= 15 is 0 Å². The summed E-state index contributed by atoms with van der Waals surface area (Å²) in [5.41, 5.74) is 2.17. The Hall–Kier alpha value is -1.88. The Morgan fingerprint density at radius 1 is 1.19 bits per heavy atom. The molecule has 3 rings (SSSR count). The Balaban J connectivity index is 1.43. The molecule has 0 radical (unpaired) electrons. The van der Waals surface area contributed by atoms with Gasteiger partial charge < -0.3 is 15.5 Å². The van der Waals surface area contributed by atoms with Crippen LogP contribution in [0.4, 0.5) is 5.69 Å². The van der Waals surface area contributed by atoms with Gasteiger partial charge in [0.25, 0.3) is 0 Å². The number of nitrogens with zero attached hydrogens (tertiary/aromatic N) is 1. The molecule has 1 heterocycles. The number of hydrogen-bond donors (Lipinski definition) is 2. The minimum atomic E-state index is -0.114. The molecule has 1 aliphatic heterocycles. The molecule has 21 heavy (non-hydrogen) atoms. The van der Waals surface area contributed by atoms with E-state index < -0.39 is 0 Å². The number of carbonyl (C=O) groups excluding carboxylic acids is 2. The predicted molar refractivity (Wildman–Crippen MR) is 81.1 cm³/mol. The fourth-order valence-corrected chi connectivity index (χ4v) is 2.64. The lowest BCUT2D eigenvalue weighted by Crippen LogP contribution is -2.42. The van der Waals surface area contributed by atoms with Crippen LogP contribution in [0.25, 0.3) is 0 Å². The summed E-state index contributed by atoms with van der Waals surface area (Å²) in [6, 6.07) is 7.92. The van der Waals surface area contributed by atoms with E-state index in [1.807, 2.05) is 24.3 Å². The highest BCUT2D eigenvalue weighted by Gasteiger charge is 2.24. The first-order valence-corrected chi connectivity index (χ1v) is 7.60. The van der Waals surface area contributed by atoms with Crippen molar-refractivity contribution in [1.82, 2.24) is 10.6 Å². The maximum absolute atomic E-state index is 12.2. The van der Waals surface area contributed by atoms with E-state index in [0.29, 0.717) is 13.1 Å². The van der Waals surface area contributed by atoms with Crippen molar-refractivity contribution in [2.24, 2.45) is 5.92 Å². The van der Waals surface area contributed by atoms with Gasteiger partial charge in [-0.15, -0.1) is 0 Å². The molecule has 1 aromatic carbocycles. The molecule has 2 aliphatic rings. The smallest absolute Gasteiger partial charge is 0.246 e. The molecule has 2 amide bonds. The molecule has 1 aliphatic carbocycles. The first kappa shape index (κ1) is 14.1. The number of anilines is 1. The number of amides is 2. The highest BCUT2D eigenvalue weighted by atomic mass is 16.2. The van der Waals surface area contributed by atoms with Crippen LogP contribution < -0.4 is 15.5 Å². The van der Waals surface area contributed by atoms with Crippen molar-refractivity contribution >= 4 is 17.5 Å². The summed E-state index contributed by atoms with van der Waals surface area (Å²) < 4.78 is 0. The van der Waals surface area contributed by atoms with Crippen molar-refractivity contribution in [3.63, 3.8) is 0 Å². The third-order valence-electron chi connectivity index (χ3n) is 4.04. The van der Waals surface area contributed by atoms with Crippen LogP contribution in [0.5, 0.6) is 0 Å². The minimum Gasteiger partial charge on any atom is -0.346 e. The SMILES string of the molecule is O=C(CNCC1CC1)NCC(=O)N1CCc2ccccc21. The Kier molecular flexibility index (Phi) is 4.20. The summed E-state index contributed by atoms with van der Waals surface area (Å²) in [6.07, 6.45) is 3.42. The number of rotatable bonds is 6. The van der Waals surface area contributed by atoms with E-state index in [-0.39, 0.29) is 18.4 Å². The first-order chi connectivity index (χ1) is 10.2. The van der Waals surface area contributed by atoms with Gasteiger partial charge in [0.1, 0.15) is 0 Å². The van der Waals surface area contributed by atoms with Gasteiger partial charge >= 0.3 is 0 Å². The van der Waals surface area contributed by atoms with E-state index in [2.05, 4.69) is 10.6 Å². The highest BCUT2D eigenvalue weighted by Crippen LogP contribution is 2.27. The lowest BCUT2D eigenvalue weighted by molar-refractivity contribution is -0.124. The Bertz CT molecular complexity index is 540. The molecule has 5 nitrogen and oxygen atoms in total. The third kappa shape index (κ3) is 3.61. The van der Waals surface area contributed by atoms with Gasteiger partial charge in [0, 0.05) is 12.2 Å². The quantitative estimate of drug-likeness (QED) is 0.809. The van der Waals surface area contributed by atoms with E-state index in [1.165, 1.54) is 18.4 Å². The van der Waals surface area contributed by atoms with Crippen LogP contribution in [-0.2, 0) is 16.0 Å². The zero-order valence-corrected chi connectivity index (χ0v) is 12.1. The summed E-state index contributed by atoms with van der Waals surface area (Å²) >= 11 is 0. The molecule has 0 bridgehead atoms. The standard InChI is InChI=1S/C16H21N3O2/c20-15(10-17-9-12-5-6-12)18-11-16(21)19-8-7-13-3-1-2-4-14(13)19/h1-4,12,17H,5-11H2,(H,18,20). The van der Waals surface area contributed by atoms with Crippen molar-refractivity contribution < 1.29 is 9.59 Å². The van der Waals surface area contributed by atoms with Gasteiger partial charge in [-0.1, -0.05) is 18.2 Å². The molecule has 0 atom stereocenters. The largest absolute Gasteiger partial charge is 0.346 e. The number of nitrogens with one attached hydrogen (secondary N) is 2. The van der Waals surface area contributed by atoms with Crippen molar-refractivity contribution in [2.75, 3.05) is 31.1 Å². The van der Waals surface area contributed by atoms with Crippen LogP contribution in [0.1, 0.15) is 18.4 Å². The molecular formula is C16H21N3O2. The van der Waals surface area contributed by atoms with Crippen molar-refractivity contribution in [1.29, 1.82) is 0 Å². The van der Waals surface area contributed by atoms with Gasteiger partial charge in [-0.2, -0.15) is 0 Å². The van der Waals surface area contributed by atoms with Gasteiger partial charge in [-0.05, 0) is 43.4 Å². The number of hydrogen-bond acceptors (Lipinski definition) is 3. The molecule has 5 heteroatoms. The molecule has 0 unspecified atom stereocenters. The average Bonchev–Trinajstić information content (AvgIpc) is 3.21. The van der Waals surface area contributed by atoms with Crippen LogP contribution in [-0.4, -0.2) is 38.0 Å². The highest BCUT2D eigenvalue weighted by molar-refractivity contribution is 5.98. The average molecular weight is 287 g/mol. The molecule has 0 aromatic heterocycles. The van der Waals surface area contributed by atoms with E-state index in [4.69, 9.17) is 0 Å². The summed E-state index contributed by atoms with van der Waals surface area (Å²) in [5.74, 6) is 0.590. The van der Waals surface area contributed by atoms with Crippen LogP contribution in [0.2, 0.25) is 0 Å². The van der Waals surface area contributed by atoms with Crippen molar-refractivity contribution in [2.45, 2.75) is 19.3 Å². The Labute approximate surface area is 124 Å². The lowest BCUT2D eigenvalue weighted by Gasteiger charge is -2.17. The van der Waals surface area contributed by atoms with Crippen LogP contribution in [0.15, 0.2) is 24.3 Å². The van der Waals surface area contributed by atoms with Gasteiger partial charge in [-0.3, -0.25) is 9.59 Å².